The molecule has 1 aliphatic rings. The molecule has 1 saturated heterocycles. The zero-order valence-corrected chi connectivity index (χ0v) is 17.9. The van der Waals surface area contributed by atoms with Crippen LogP contribution in [0.4, 0.5) is 18.9 Å². The predicted molar refractivity (Wildman–Crippen MR) is 117 cm³/mol. The van der Waals surface area contributed by atoms with E-state index in [9.17, 15) is 18.0 Å². The Kier molecular flexibility index (Phi) is 5.24. The summed E-state index contributed by atoms with van der Waals surface area (Å²) in [6.07, 6.45) is 0.314. The average molecular weight is 475 g/mol. The lowest BCUT2D eigenvalue weighted by Crippen LogP contribution is -2.32. The molecule has 1 atom stereocenters. The summed E-state index contributed by atoms with van der Waals surface area (Å²) in [7, 11) is 0. The Balaban J connectivity index is 1.47. The highest BCUT2D eigenvalue weighted by atomic mass is 35.5. The number of aromatic amines is 1. The van der Waals surface area contributed by atoms with Crippen LogP contribution in [0, 0.1) is 0 Å². The molecule has 0 spiro atoms. The standard InChI is InChI=1S/C22H18ClF3N6O/c23-19-18(21(33)31-7-6-16(12-31)29-15-4-2-1-3-5-15)30-20-17(22(24,25)26)8-13(11-32(19)20)14-9-27-28-10-14/h1-5,8-11,16,29H,6-7,12H2,(H,27,28). The highest BCUT2D eigenvalue weighted by Crippen LogP contribution is 2.37. The number of carbonyl (C=O) groups excluding carboxylic acids is 1. The van der Waals surface area contributed by atoms with E-state index in [0.29, 0.717) is 25.1 Å². The minimum Gasteiger partial charge on any atom is -0.380 e. The molecule has 1 fully saturated rings. The molecule has 33 heavy (non-hydrogen) atoms. The van der Waals surface area contributed by atoms with Crippen molar-refractivity contribution in [3.63, 3.8) is 0 Å². The largest absolute Gasteiger partial charge is 0.420 e. The summed E-state index contributed by atoms with van der Waals surface area (Å²) in [6.45, 7) is 0.838. The number of amides is 1. The number of pyridine rings is 1. The first kappa shape index (κ1) is 21.3. The molecule has 0 saturated carbocycles. The van der Waals surface area contributed by atoms with Crippen molar-refractivity contribution in [1.82, 2.24) is 24.5 Å². The second-order valence-electron chi connectivity index (χ2n) is 7.82. The van der Waals surface area contributed by atoms with Crippen LogP contribution in [0.3, 0.4) is 0 Å². The lowest BCUT2D eigenvalue weighted by Gasteiger charge is -2.17. The molecule has 2 N–H and O–H groups in total. The van der Waals surface area contributed by atoms with E-state index in [1.807, 2.05) is 30.3 Å². The molecule has 3 aromatic heterocycles. The number of aromatic nitrogens is 4. The number of halogens is 4. The molecule has 7 nitrogen and oxygen atoms in total. The monoisotopic (exact) mass is 474 g/mol. The molecule has 0 aliphatic carbocycles. The van der Waals surface area contributed by atoms with Gasteiger partial charge in [-0.3, -0.25) is 14.3 Å². The van der Waals surface area contributed by atoms with Crippen molar-refractivity contribution in [3.05, 3.63) is 71.4 Å². The van der Waals surface area contributed by atoms with Gasteiger partial charge in [-0.2, -0.15) is 18.3 Å². The summed E-state index contributed by atoms with van der Waals surface area (Å²) < 4.78 is 42.6. The van der Waals surface area contributed by atoms with Gasteiger partial charge in [0.05, 0.1) is 11.8 Å². The van der Waals surface area contributed by atoms with Gasteiger partial charge in [-0.05, 0) is 24.6 Å². The molecule has 11 heteroatoms. The fraction of sp³-hybridized carbons (Fsp3) is 0.227. The Morgan fingerprint density at radius 3 is 2.70 bits per heavy atom. The van der Waals surface area contributed by atoms with Crippen LogP contribution in [-0.2, 0) is 6.18 Å². The first-order valence-corrected chi connectivity index (χ1v) is 10.6. The van der Waals surface area contributed by atoms with Gasteiger partial charge < -0.3 is 10.2 Å². The topological polar surface area (TPSA) is 78.3 Å². The number of nitrogens with one attached hydrogen (secondary N) is 2. The molecular weight excluding hydrogens is 457 g/mol. The molecule has 1 unspecified atom stereocenters. The molecule has 1 aliphatic heterocycles. The van der Waals surface area contributed by atoms with Crippen molar-refractivity contribution < 1.29 is 18.0 Å². The van der Waals surface area contributed by atoms with Crippen LogP contribution in [0.15, 0.2) is 55.0 Å². The number of para-hydroxylation sites is 1. The van der Waals surface area contributed by atoms with E-state index < -0.39 is 23.3 Å². The Morgan fingerprint density at radius 2 is 2.00 bits per heavy atom. The minimum atomic E-state index is -4.69. The minimum absolute atomic E-state index is 0.0191. The van der Waals surface area contributed by atoms with E-state index in [2.05, 4.69) is 20.5 Å². The Bertz CT molecular complexity index is 1300. The highest BCUT2D eigenvalue weighted by Gasteiger charge is 2.37. The van der Waals surface area contributed by atoms with Gasteiger partial charge in [0.1, 0.15) is 5.15 Å². The van der Waals surface area contributed by atoms with Crippen LogP contribution < -0.4 is 5.32 Å². The fourth-order valence-corrected chi connectivity index (χ4v) is 4.26. The predicted octanol–water partition coefficient (Wildman–Crippen LogP) is 4.72. The van der Waals surface area contributed by atoms with Gasteiger partial charge in [0.2, 0.25) is 0 Å². The molecule has 0 radical (unpaired) electrons. The number of fused-ring (bicyclic) bond motifs is 1. The summed E-state index contributed by atoms with van der Waals surface area (Å²) in [5, 5.41) is 9.56. The maximum absolute atomic E-state index is 13.8. The number of rotatable bonds is 4. The molecule has 4 aromatic rings. The lowest BCUT2D eigenvalue weighted by molar-refractivity contribution is -0.136. The van der Waals surface area contributed by atoms with Gasteiger partial charge in [-0.25, -0.2) is 4.98 Å². The number of nitrogens with zero attached hydrogens (tertiary/aromatic N) is 4. The Labute approximate surface area is 191 Å². The van der Waals surface area contributed by atoms with Crippen molar-refractivity contribution in [2.24, 2.45) is 0 Å². The zero-order valence-electron chi connectivity index (χ0n) is 17.1. The summed E-state index contributed by atoms with van der Waals surface area (Å²) in [6, 6.07) is 10.6. The number of hydrogen-bond acceptors (Lipinski definition) is 4. The fourth-order valence-electron chi connectivity index (χ4n) is 4.01. The molecular formula is C22H18ClF3N6O. The van der Waals surface area contributed by atoms with E-state index in [1.165, 1.54) is 18.6 Å². The van der Waals surface area contributed by atoms with Crippen LogP contribution in [0.5, 0.6) is 0 Å². The summed E-state index contributed by atoms with van der Waals surface area (Å²) in [5.41, 5.74) is 0.0362. The number of H-pyrrole nitrogens is 1. The summed E-state index contributed by atoms with van der Waals surface area (Å²) in [4.78, 5) is 18.7. The van der Waals surface area contributed by atoms with Crippen LogP contribution in [0.25, 0.3) is 16.8 Å². The summed E-state index contributed by atoms with van der Waals surface area (Å²) in [5.74, 6) is -0.501. The molecule has 5 rings (SSSR count). The third-order valence-electron chi connectivity index (χ3n) is 5.62. The number of benzene rings is 1. The van der Waals surface area contributed by atoms with Crippen molar-refractivity contribution in [2.75, 3.05) is 18.4 Å². The quantitative estimate of drug-likeness (QED) is 0.448. The lowest BCUT2D eigenvalue weighted by atomic mass is 10.1. The highest BCUT2D eigenvalue weighted by molar-refractivity contribution is 6.33. The first-order valence-electron chi connectivity index (χ1n) is 10.2. The molecule has 1 amide bonds. The van der Waals surface area contributed by atoms with E-state index in [0.717, 1.165) is 16.2 Å². The SMILES string of the molecule is O=C(c1nc2c(C(F)(F)F)cc(-c3cn[nH]c3)cn2c1Cl)N1CCC(Nc2ccccc2)C1. The number of hydrogen-bond donors (Lipinski definition) is 2. The van der Waals surface area contributed by atoms with Gasteiger partial charge in [-0.15, -0.1) is 0 Å². The zero-order chi connectivity index (χ0) is 23.2. The number of likely N-dealkylation sites (tertiary alicyclic amines) is 1. The number of imidazole rings is 1. The first-order chi connectivity index (χ1) is 15.8. The summed E-state index contributed by atoms with van der Waals surface area (Å²) >= 11 is 6.40. The van der Waals surface area contributed by atoms with E-state index in [4.69, 9.17) is 11.6 Å². The second-order valence-corrected chi connectivity index (χ2v) is 8.18. The number of carbonyl (C=O) groups is 1. The maximum atomic E-state index is 13.8. The average Bonchev–Trinajstić information content (AvgIpc) is 3.54. The Hall–Kier alpha value is -3.53. The molecule has 4 heterocycles. The Morgan fingerprint density at radius 1 is 1.21 bits per heavy atom. The van der Waals surface area contributed by atoms with Crippen molar-refractivity contribution in [3.8, 4) is 11.1 Å². The molecule has 170 valence electrons. The van der Waals surface area contributed by atoms with Gasteiger partial charge in [0.15, 0.2) is 11.3 Å². The second kappa shape index (κ2) is 8.11. The smallest absolute Gasteiger partial charge is 0.380 e. The van der Waals surface area contributed by atoms with Crippen LogP contribution in [-0.4, -0.2) is 49.5 Å². The number of alkyl halides is 3. The normalized spacial score (nSPS) is 16.5. The van der Waals surface area contributed by atoms with Crippen molar-refractivity contribution in [1.29, 1.82) is 0 Å². The van der Waals surface area contributed by atoms with E-state index >= 15 is 0 Å². The maximum Gasteiger partial charge on any atom is 0.420 e. The van der Waals surface area contributed by atoms with Gasteiger partial charge >= 0.3 is 6.18 Å². The molecule has 0 bridgehead atoms. The van der Waals surface area contributed by atoms with Crippen LogP contribution in [0.2, 0.25) is 5.15 Å². The molecule has 1 aromatic carbocycles. The van der Waals surface area contributed by atoms with Crippen molar-refractivity contribution in [2.45, 2.75) is 18.6 Å². The third-order valence-corrected chi connectivity index (χ3v) is 5.98. The van der Waals surface area contributed by atoms with Crippen LogP contribution >= 0.6 is 11.6 Å². The number of anilines is 1. The van der Waals surface area contributed by atoms with E-state index in [-0.39, 0.29) is 22.5 Å². The van der Waals surface area contributed by atoms with Crippen LogP contribution in [0.1, 0.15) is 22.5 Å². The van der Waals surface area contributed by atoms with E-state index in [1.54, 1.807) is 4.90 Å². The van der Waals surface area contributed by atoms with Crippen molar-refractivity contribution >= 4 is 28.8 Å². The van der Waals surface area contributed by atoms with Gasteiger partial charge in [0, 0.05) is 48.3 Å². The third kappa shape index (κ3) is 4.02. The van der Waals surface area contributed by atoms with Gasteiger partial charge in [-0.1, -0.05) is 29.8 Å². The van der Waals surface area contributed by atoms with Gasteiger partial charge in [0.25, 0.3) is 5.91 Å².